The molecule has 1 aliphatic heterocycles. The lowest BCUT2D eigenvalue weighted by atomic mass is 9.90. The number of nitrogens with zero attached hydrogens (tertiary/aromatic N) is 3. The Balaban J connectivity index is 1.62. The molecule has 2 fully saturated rings. The zero-order valence-electron chi connectivity index (χ0n) is 18.3. The maximum Gasteiger partial charge on any atom is 0.170 e. The minimum Gasteiger partial charge on any atom is -0.352 e. The molecule has 5 rings (SSSR count). The number of rotatable bonds is 4. The van der Waals surface area contributed by atoms with E-state index in [4.69, 9.17) is 17.2 Å². The summed E-state index contributed by atoms with van der Waals surface area (Å²) in [5.41, 5.74) is 6.13. The Labute approximate surface area is 190 Å². The van der Waals surface area contributed by atoms with Gasteiger partial charge in [-0.3, -0.25) is 4.98 Å². The summed E-state index contributed by atoms with van der Waals surface area (Å²) in [6.45, 7) is 4.44. The number of nitrogens with one attached hydrogen (secondary N) is 1. The van der Waals surface area contributed by atoms with E-state index in [2.05, 4.69) is 77.2 Å². The number of aromatic nitrogens is 2. The molecule has 0 bridgehead atoms. The van der Waals surface area contributed by atoms with Crippen molar-refractivity contribution in [1.29, 1.82) is 0 Å². The number of hydrogen-bond acceptors (Lipinski definition) is 2. The molecule has 2 aliphatic rings. The molecule has 0 unspecified atom stereocenters. The van der Waals surface area contributed by atoms with Gasteiger partial charge in [0.2, 0.25) is 0 Å². The SMILES string of the molecule is Cc1cc([C@@H]2[C@H](c3ccccn3)NC(=S)N2C2CCCCC2)c(C)n1-c1ccccc1. The van der Waals surface area contributed by atoms with Gasteiger partial charge >= 0.3 is 0 Å². The van der Waals surface area contributed by atoms with Gasteiger partial charge in [-0.15, -0.1) is 0 Å². The fourth-order valence-corrected chi connectivity index (χ4v) is 5.90. The van der Waals surface area contributed by atoms with Crippen LogP contribution in [0.5, 0.6) is 0 Å². The van der Waals surface area contributed by atoms with Gasteiger partial charge in [-0.05, 0) is 74.8 Å². The van der Waals surface area contributed by atoms with Crippen molar-refractivity contribution in [2.45, 2.75) is 64.1 Å². The fraction of sp³-hybridized carbons (Fsp3) is 0.385. The van der Waals surface area contributed by atoms with Crippen molar-refractivity contribution in [2.75, 3.05) is 0 Å². The van der Waals surface area contributed by atoms with Gasteiger partial charge in [0, 0.05) is 29.3 Å². The second-order valence-corrected chi connectivity index (χ2v) is 9.21. The molecule has 1 N–H and O–H groups in total. The summed E-state index contributed by atoms with van der Waals surface area (Å²) >= 11 is 5.93. The molecule has 1 aromatic carbocycles. The van der Waals surface area contributed by atoms with Crippen molar-refractivity contribution in [3.05, 3.63) is 83.4 Å². The Morgan fingerprint density at radius 1 is 0.968 bits per heavy atom. The molecular weight excluding hydrogens is 400 g/mol. The third-order valence-electron chi connectivity index (χ3n) is 6.91. The largest absolute Gasteiger partial charge is 0.352 e. The lowest BCUT2D eigenvalue weighted by Crippen LogP contribution is -2.40. The Hall–Kier alpha value is -2.66. The second kappa shape index (κ2) is 8.46. The van der Waals surface area contributed by atoms with Crippen molar-refractivity contribution in [3.8, 4) is 5.69 Å². The summed E-state index contributed by atoms with van der Waals surface area (Å²) in [6.07, 6.45) is 8.21. The number of aryl methyl sites for hydroxylation is 1. The first kappa shape index (κ1) is 20.3. The van der Waals surface area contributed by atoms with Gasteiger partial charge < -0.3 is 14.8 Å². The molecule has 1 saturated heterocycles. The third-order valence-corrected chi connectivity index (χ3v) is 7.24. The molecular formula is C26H30N4S. The van der Waals surface area contributed by atoms with Crippen LogP contribution >= 0.6 is 12.2 Å². The quantitative estimate of drug-likeness (QED) is 0.531. The van der Waals surface area contributed by atoms with E-state index in [9.17, 15) is 0 Å². The summed E-state index contributed by atoms with van der Waals surface area (Å²) in [7, 11) is 0. The Morgan fingerprint density at radius 2 is 1.71 bits per heavy atom. The van der Waals surface area contributed by atoms with Crippen molar-refractivity contribution < 1.29 is 0 Å². The molecule has 3 heterocycles. The van der Waals surface area contributed by atoms with Gasteiger partial charge in [-0.1, -0.05) is 43.5 Å². The van der Waals surface area contributed by atoms with Gasteiger partial charge in [-0.2, -0.15) is 0 Å². The summed E-state index contributed by atoms with van der Waals surface area (Å²) in [6, 6.07) is 19.8. The van der Waals surface area contributed by atoms with E-state index in [1.807, 2.05) is 12.3 Å². The molecule has 3 aromatic rings. The van der Waals surface area contributed by atoms with E-state index in [1.54, 1.807) is 0 Å². The molecule has 4 nitrogen and oxygen atoms in total. The van der Waals surface area contributed by atoms with E-state index in [0.717, 1.165) is 10.8 Å². The number of pyridine rings is 1. The monoisotopic (exact) mass is 430 g/mol. The summed E-state index contributed by atoms with van der Waals surface area (Å²) in [5, 5.41) is 4.52. The normalized spacial score (nSPS) is 22.0. The number of benzene rings is 1. The molecule has 2 aromatic heterocycles. The molecule has 0 radical (unpaired) electrons. The highest BCUT2D eigenvalue weighted by molar-refractivity contribution is 7.80. The highest BCUT2D eigenvalue weighted by Crippen LogP contribution is 2.44. The van der Waals surface area contributed by atoms with Crippen molar-refractivity contribution in [3.63, 3.8) is 0 Å². The first-order chi connectivity index (χ1) is 15.1. The molecule has 0 amide bonds. The average Bonchev–Trinajstić information content (AvgIpc) is 3.30. The van der Waals surface area contributed by atoms with Crippen LogP contribution in [0.15, 0.2) is 60.8 Å². The molecule has 31 heavy (non-hydrogen) atoms. The van der Waals surface area contributed by atoms with Gasteiger partial charge in [0.05, 0.1) is 17.8 Å². The molecule has 1 saturated carbocycles. The van der Waals surface area contributed by atoms with Gasteiger partial charge in [0.15, 0.2) is 5.11 Å². The van der Waals surface area contributed by atoms with E-state index >= 15 is 0 Å². The lowest BCUT2D eigenvalue weighted by Gasteiger charge is -2.37. The summed E-state index contributed by atoms with van der Waals surface area (Å²) in [5.74, 6) is 0. The van der Waals surface area contributed by atoms with Crippen LogP contribution in [-0.4, -0.2) is 25.6 Å². The van der Waals surface area contributed by atoms with E-state index in [1.165, 1.54) is 54.7 Å². The Kier molecular flexibility index (Phi) is 5.53. The lowest BCUT2D eigenvalue weighted by molar-refractivity contribution is 0.197. The van der Waals surface area contributed by atoms with Crippen LogP contribution in [0.4, 0.5) is 0 Å². The van der Waals surface area contributed by atoms with Crippen molar-refractivity contribution in [2.24, 2.45) is 0 Å². The van der Waals surface area contributed by atoms with Crippen molar-refractivity contribution in [1.82, 2.24) is 19.8 Å². The molecule has 160 valence electrons. The number of thiocarbonyl (C=S) groups is 1. The molecule has 5 heteroatoms. The number of hydrogen-bond donors (Lipinski definition) is 1. The smallest absolute Gasteiger partial charge is 0.170 e. The van der Waals surface area contributed by atoms with Crippen LogP contribution in [0.2, 0.25) is 0 Å². The highest BCUT2D eigenvalue weighted by Gasteiger charge is 2.44. The van der Waals surface area contributed by atoms with Crippen LogP contribution in [0.25, 0.3) is 5.69 Å². The predicted octanol–water partition coefficient (Wildman–Crippen LogP) is 5.79. The van der Waals surface area contributed by atoms with Crippen molar-refractivity contribution >= 4 is 17.3 Å². The average molecular weight is 431 g/mol. The maximum absolute atomic E-state index is 5.93. The zero-order valence-corrected chi connectivity index (χ0v) is 19.1. The van der Waals surface area contributed by atoms with Gasteiger partial charge in [-0.25, -0.2) is 0 Å². The summed E-state index contributed by atoms with van der Waals surface area (Å²) in [4.78, 5) is 7.22. The molecule has 1 aliphatic carbocycles. The van der Waals surface area contributed by atoms with E-state index in [0.29, 0.717) is 6.04 Å². The maximum atomic E-state index is 5.93. The van der Waals surface area contributed by atoms with E-state index in [-0.39, 0.29) is 12.1 Å². The van der Waals surface area contributed by atoms with Gasteiger partial charge in [0.25, 0.3) is 0 Å². The minimum absolute atomic E-state index is 0.0559. The van der Waals surface area contributed by atoms with Crippen LogP contribution in [0.1, 0.15) is 66.8 Å². The van der Waals surface area contributed by atoms with Crippen LogP contribution in [0.3, 0.4) is 0 Å². The third kappa shape index (κ3) is 3.65. The standard InChI is InChI=1S/C26H30N4S/c1-18-17-22(19(2)29(18)20-11-5-3-6-12-20)25-24(23-15-9-10-16-27-23)28-26(31)30(25)21-13-7-4-8-14-21/h3,5-6,9-12,15-17,21,24-25H,4,7-8,13-14H2,1-2H3,(H,28,31)/t24-,25+/m0/s1. The Bertz CT molecular complexity index is 1050. The van der Waals surface area contributed by atoms with Crippen LogP contribution in [-0.2, 0) is 0 Å². The predicted molar refractivity (Wildman–Crippen MR) is 129 cm³/mol. The molecule has 0 spiro atoms. The first-order valence-corrected chi connectivity index (χ1v) is 11.8. The topological polar surface area (TPSA) is 33.1 Å². The fourth-order valence-electron chi connectivity index (χ4n) is 5.51. The van der Waals surface area contributed by atoms with Crippen LogP contribution < -0.4 is 5.32 Å². The Morgan fingerprint density at radius 3 is 2.42 bits per heavy atom. The van der Waals surface area contributed by atoms with Gasteiger partial charge in [0.1, 0.15) is 0 Å². The second-order valence-electron chi connectivity index (χ2n) is 8.82. The number of para-hydroxylation sites is 1. The van der Waals surface area contributed by atoms with Crippen LogP contribution in [0, 0.1) is 13.8 Å². The van der Waals surface area contributed by atoms with E-state index < -0.39 is 0 Å². The zero-order chi connectivity index (χ0) is 21.4. The molecule has 2 atom stereocenters. The highest BCUT2D eigenvalue weighted by atomic mass is 32.1. The summed E-state index contributed by atoms with van der Waals surface area (Å²) < 4.78 is 2.37. The first-order valence-electron chi connectivity index (χ1n) is 11.4. The minimum atomic E-state index is 0.0559.